The van der Waals surface area contributed by atoms with Crippen LogP contribution in [0.5, 0.6) is 5.75 Å². The molecule has 7 nitrogen and oxygen atoms in total. The van der Waals surface area contributed by atoms with Gasteiger partial charge in [0.1, 0.15) is 5.69 Å². The average Bonchev–Trinajstić information content (AvgIpc) is 3.41. The minimum absolute atomic E-state index is 0.338. The number of phenols is 1. The first-order valence-electron chi connectivity index (χ1n) is 9.34. The van der Waals surface area contributed by atoms with Crippen molar-refractivity contribution in [1.82, 2.24) is 25.1 Å². The van der Waals surface area contributed by atoms with Crippen molar-refractivity contribution in [2.75, 3.05) is 0 Å². The highest BCUT2D eigenvalue weighted by atomic mass is 19.1. The standard InChI is InChI=1S/C21H18FN5O2/c1-2-11-6-19(29)15(22)7-14(11)12-3-4-13-16(5-12)25-26-20(13)21-23-17-8-27(10-28)9-18(17)24-21/h3-7,10,29H,2,8-9H2,1H3,(H,23,24)(H,25,26). The molecule has 2 aromatic heterocycles. The predicted molar refractivity (Wildman–Crippen MR) is 105 cm³/mol. The third kappa shape index (κ3) is 2.75. The number of nitrogens with one attached hydrogen (secondary N) is 2. The second-order valence-corrected chi connectivity index (χ2v) is 7.17. The Balaban J connectivity index is 1.55. The number of nitrogens with zero attached hydrogens (tertiary/aromatic N) is 3. The quantitative estimate of drug-likeness (QED) is 0.464. The van der Waals surface area contributed by atoms with E-state index in [0.717, 1.165) is 45.4 Å². The summed E-state index contributed by atoms with van der Waals surface area (Å²) in [6.45, 7) is 2.98. The molecule has 0 fully saturated rings. The highest BCUT2D eigenvalue weighted by molar-refractivity contribution is 5.94. The number of fused-ring (bicyclic) bond motifs is 2. The van der Waals surface area contributed by atoms with Gasteiger partial charge in [0.2, 0.25) is 6.41 Å². The van der Waals surface area contributed by atoms with Crippen molar-refractivity contribution in [2.45, 2.75) is 26.4 Å². The number of imidazole rings is 1. The van der Waals surface area contributed by atoms with Crippen LogP contribution in [0, 0.1) is 5.82 Å². The second kappa shape index (κ2) is 6.44. The van der Waals surface area contributed by atoms with Gasteiger partial charge >= 0.3 is 0 Å². The van der Waals surface area contributed by atoms with Gasteiger partial charge in [-0.15, -0.1) is 0 Å². The smallest absolute Gasteiger partial charge is 0.210 e. The Morgan fingerprint density at radius 1 is 1.28 bits per heavy atom. The number of aromatic amines is 2. The first-order chi connectivity index (χ1) is 14.1. The molecule has 0 bridgehead atoms. The number of aromatic nitrogens is 4. The van der Waals surface area contributed by atoms with E-state index in [1.807, 2.05) is 25.1 Å². The maximum atomic E-state index is 13.9. The fraction of sp³-hybridized carbons (Fsp3) is 0.190. The number of benzene rings is 2. The summed E-state index contributed by atoms with van der Waals surface area (Å²) >= 11 is 0. The van der Waals surface area contributed by atoms with Crippen LogP contribution < -0.4 is 0 Å². The Morgan fingerprint density at radius 2 is 2.14 bits per heavy atom. The number of halogens is 1. The van der Waals surface area contributed by atoms with Crippen LogP contribution in [0.1, 0.15) is 23.9 Å². The van der Waals surface area contributed by atoms with E-state index in [0.29, 0.717) is 31.0 Å². The van der Waals surface area contributed by atoms with Gasteiger partial charge in [-0.3, -0.25) is 9.89 Å². The number of carbonyl (C=O) groups is 1. The van der Waals surface area contributed by atoms with Crippen molar-refractivity contribution in [3.63, 3.8) is 0 Å². The zero-order chi connectivity index (χ0) is 20.1. The van der Waals surface area contributed by atoms with Gasteiger partial charge in [-0.05, 0) is 47.4 Å². The van der Waals surface area contributed by atoms with E-state index >= 15 is 0 Å². The van der Waals surface area contributed by atoms with Crippen LogP contribution in [-0.4, -0.2) is 36.6 Å². The fourth-order valence-corrected chi connectivity index (χ4v) is 3.88. The number of hydrogen-bond donors (Lipinski definition) is 3. The van der Waals surface area contributed by atoms with E-state index in [1.165, 1.54) is 12.1 Å². The van der Waals surface area contributed by atoms with Gasteiger partial charge in [0.15, 0.2) is 17.4 Å². The molecule has 146 valence electrons. The molecule has 3 heterocycles. The monoisotopic (exact) mass is 391 g/mol. The zero-order valence-corrected chi connectivity index (χ0v) is 15.7. The molecule has 1 aliphatic rings. The molecule has 0 saturated carbocycles. The second-order valence-electron chi connectivity index (χ2n) is 7.17. The minimum Gasteiger partial charge on any atom is -0.505 e. The summed E-state index contributed by atoms with van der Waals surface area (Å²) in [5.74, 6) is -0.323. The number of rotatable bonds is 4. The summed E-state index contributed by atoms with van der Waals surface area (Å²) in [7, 11) is 0. The number of amides is 1. The summed E-state index contributed by atoms with van der Waals surface area (Å²) in [5, 5.41) is 18.0. The summed E-state index contributed by atoms with van der Waals surface area (Å²) in [6.07, 6.45) is 1.49. The minimum atomic E-state index is -0.642. The van der Waals surface area contributed by atoms with Crippen LogP contribution >= 0.6 is 0 Å². The highest BCUT2D eigenvalue weighted by Crippen LogP contribution is 2.34. The van der Waals surface area contributed by atoms with Gasteiger partial charge in [-0.1, -0.05) is 13.0 Å². The number of aryl methyl sites for hydroxylation is 1. The lowest BCUT2D eigenvalue weighted by atomic mass is 9.96. The zero-order valence-electron chi connectivity index (χ0n) is 15.7. The van der Waals surface area contributed by atoms with Gasteiger partial charge in [0.05, 0.1) is 30.0 Å². The summed E-state index contributed by atoms with van der Waals surface area (Å²) in [4.78, 5) is 20.4. The van der Waals surface area contributed by atoms with Gasteiger partial charge in [0, 0.05) is 5.39 Å². The third-order valence-electron chi connectivity index (χ3n) is 5.38. The number of aromatic hydroxyl groups is 1. The van der Waals surface area contributed by atoms with Crippen molar-refractivity contribution in [3.8, 4) is 28.4 Å². The van der Waals surface area contributed by atoms with E-state index in [-0.39, 0.29) is 5.75 Å². The van der Waals surface area contributed by atoms with Crippen molar-refractivity contribution < 1.29 is 14.3 Å². The van der Waals surface area contributed by atoms with Crippen molar-refractivity contribution >= 4 is 17.3 Å². The molecule has 5 rings (SSSR count). The molecule has 0 radical (unpaired) electrons. The molecular formula is C21H18FN5O2. The number of hydrogen-bond acceptors (Lipinski definition) is 4. The van der Waals surface area contributed by atoms with Crippen molar-refractivity contribution in [2.24, 2.45) is 0 Å². The highest BCUT2D eigenvalue weighted by Gasteiger charge is 2.24. The van der Waals surface area contributed by atoms with Gasteiger partial charge in [0.25, 0.3) is 0 Å². The first kappa shape index (κ1) is 17.4. The van der Waals surface area contributed by atoms with Crippen LogP contribution in [0.15, 0.2) is 30.3 Å². The molecule has 2 aromatic carbocycles. The number of carbonyl (C=O) groups excluding carboxylic acids is 1. The Hall–Kier alpha value is -3.68. The molecule has 0 aliphatic carbocycles. The molecular weight excluding hydrogens is 373 g/mol. The molecule has 4 aromatic rings. The van der Waals surface area contributed by atoms with E-state index in [4.69, 9.17) is 0 Å². The van der Waals surface area contributed by atoms with E-state index in [1.54, 1.807) is 4.90 Å². The van der Waals surface area contributed by atoms with Crippen molar-refractivity contribution in [1.29, 1.82) is 0 Å². The van der Waals surface area contributed by atoms with Crippen LogP contribution in [-0.2, 0) is 24.3 Å². The van der Waals surface area contributed by atoms with Crippen LogP contribution in [0.3, 0.4) is 0 Å². The van der Waals surface area contributed by atoms with Gasteiger partial charge < -0.3 is 15.0 Å². The molecule has 8 heteroatoms. The largest absolute Gasteiger partial charge is 0.505 e. The molecule has 29 heavy (non-hydrogen) atoms. The lowest BCUT2D eigenvalue weighted by molar-refractivity contribution is -0.118. The predicted octanol–water partition coefficient (Wildman–Crippen LogP) is 3.50. The SMILES string of the molecule is CCc1cc(O)c(F)cc1-c1ccc2c(-c3nc4c([nH]3)CN(C=O)C4)n[nH]c2c1. The lowest BCUT2D eigenvalue weighted by Crippen LogP contribution is -2.13. The van der Waals surface area contributed by atoms with Gasteiger partial charge in [-0.25, -0.2) is 9.37 Å². The Bertz CT molecular complexity index is 1240. The Morgan fingerprint density at radius 3 is 2.90 bits per heavy atom. The van der Waals surface area contributed by atoms with Crippen LogP contribution in [0.4, 0.5) is 4.39 Å². The molecule has 0 unspecified atom stereocenters. The molecule has 1 amide bonds. The molecule has 0 atom stereocenters. The number of phenolic OH excluding ortho intramolecular Hbond substituents is 1. The summed E-state index contributed by atoms with van der Waals surface area (Å²) in [5.41, 5.74) is 5.73. The number of H-pyrrole nitrogens is 2. The molecule has 3 N–H and O–H groups in total. The summed E-state index contributed by atoms with van der Waals surface area (Å²) in [6, 6.07) is 8.60. The van der Waals surface area contributed by atoms with Crippen LogP contribution in [0.25, 0.3) is 33.5 Å². The van der Waals surface area contributed by atoms with Crippen LogP contribution in [0.2, 0.25) is 0 Å². The maximum Gasteiger partial charge on any atom is 0.210 e. The third-order valence-corrected chi connectivity index (χ3v) is 5.38. The first-order valence-corrected chi connectivity index (χ1v) is 9.34. The van der Waals surface area contributed by atoms with Crippen molar-refractivity contribution in [3.05, 3.63) is 53.1 Å². The Labute approximate surface area is 165 Å². The Kier molecular flexibility index (Phi) is 3.87. The van der Waals surface area contributed by atoms with E-state index in [9.17, 15) is 14.3 Å². The van der Waals surface area contributed by atoms with Gasteiger partial charge in [-0.2, -0.15) is 5.10 Å². The molecule has 0 spiro atoms. The fourth-order valence-electron chi connectivity index (χ4n) is 3.88. The molecule has 1 aliphatic heterocycles. The topological polar surface area (TPSA) is 97.9 Å². The van der Waals surface area contributed by atoms with E-state index in [2.05, 4.69) is 20.2 Å². The lowest BCUT2D eigenvalue weighted by Gasteiger charge is -2.10. The average molecular weight is 391 g/mol. The van der Waals surface area contributed by atoms with E-state index < -0.39 is 5.82 Å². The maximum absolute atomic E-state index is 13.9. The molecule has 0 saturated heterocycles. The normalized spacial score (nSPS) is 13.2. The summed E-state index contributed by atoms with van der Waals surface area (Å²) < 4.78 is 13.9.